The minimum Gasteiger partial charge on any atom is -0.326 e. The van der Waals surface area contributed by atoms with Crippen LogP contribution in [0.5, 0.6) is 0 Å². The molecule has 0 bridgehead atoms. The summed E-state index contributed by atoms with van der Waals surface area (Å²) in [5.41, 5.74) is 0.271. The third-order valence-corrected chi connectivity index (χ3v) is 7.45. The Morgan fingerprint density at radius 1 is 0.944 bits per heavy atom. The number of carbonyl (C=O) groups is 2. The van der Waals surface area contributed by atoms with Gasteiger partial charge in [0.15, 0.2) is 5.78 Å². The van der Waals surface area contributed by atoms with E-state index in [2.05, 4.69) is 5.32 Å². The summed E-state index contributed by atoms with van der Waals surface area (Å²) in [5, 5.41) is 2.51. The number of hydrogen-bond acceptors (Lipinski definition) is 2. The van der Waals surface area contributed by atoms with E-state index in [1.54, 1.807) is 0 Å². The van der Waals surface area contributed by atoms with Gasteiger partial charge in [-0.2, -0.15) is 0 Å². The Kier molecular flexibility index (Phi) is 7.58. The summed E-state index contributed by atoms with van der Waals surface area (Å²) in [7, 11) is 0. The first-order chi connectivity index (χ1) is 16.9. The lowest BCUT2D eigenvalue weighted by molar-refractivity contribution is -0.117. The largest absolute Gasteiger partial charge is 0.326 e. The lowest BCUT2D eigenvalue weighted by Crippen LogP contribution is -2.17. The van der Waals surface area contributed by atoms with Crippen LogP contribution < -0.4 is 5.32 Å². The predicted molar refractivity (Wildman–Crippen MR) is 132 cm³/mol. The maximum Gasteiger partial charge on any atom is 0.265 e. The Hall–Kier alpha value is -2.32. The van der Waals surface area contributed by atoms with Crippen molar-refractivity contribution >= 4 is 63.8 Å². The number of rotatable bonds is 7. The zero-order valence-corrected chi connectivity index (χ0v) is 21.0. The van der Waals surface area contributed by atoms with Gasteiger partial charge in [-0.15, -0.1) is 23.2 Å². The number of hydrogen-bond donors (Lipinski definition) is 1. The lowest BCUT2D eigenvalue weighted by Gasteiger charge is -2.10. The molecule has 1 N–H and O–H groups in total. The van der Waals surface area contributed by atoms with Crippen molar-refractivity contribution in [2.45, 2.75) is 23.1 Å². The number of amides is 1. The Bertz CT molecular complexity index is 1370. The number of ketones is 1. The van der Waals surface area contributed by atoms with Crippen molar-refractivity contribution in [1.82, 2.24) is 0 Å². The van der Waals surface area contributed by atoms with Gasteiger partial charge in [0, 0.05) is 40.2 Å². The second-order valence-corrected chi connectivity index (χ2v) is 10.5. The molecule has 0 heterocycles. The zero-order chi connectivity index (χ0) is 26.4. The monoisotopic (exact) mass is 577 g/mol. The number of carbonyl (C=O) groups excluding carboxylic acids is 2. The Balaban J connectivity index is 1.50. The highest BCUT2D eigenvalue weighted by Gasteiger charge is 2.67. The molecule has 3 aromatic rings. The van der Waals surface area contributed by atoms with Crippen molar-refractivity contribution in [3.05, 3.63) is 98.5 Å². The Morgan fingerprint density at radius 3 is 2.31 bits per heavy atom. The van der Waals surface area contributed by atoms with E-state index in [9.17, 15) is 27.2 Å². The van der Waals surface area contributed by atoms with Crippen LogP contribution in [0.15, 0.2) is 54.6 Å². The molecular weight excluding hydrogens is 564 g/mol. The van der Waals surface area contributed by atoms with Crippen LogP contribution in [-0.4, -0.2) is 16.0 Å². The molecule has 0 aromatic heterocycles. The summed E-state index contributed by atoms with van der Waals surface area (Å²) in [6.07, 6.45) is -3.14. The van der Waals surface area contributed by atoms with Crippen molar-refractivity contribution in [2.24, 2.45) is 5.92 Å². The van der Waals surface area contributed by atoms with E-state index in [1.807, 2.05) is 0 Å². The van der Waals surface area contributed by atoms with E-state index in [-0.39, 0.29) is 38.8 Å². The molecule has 11 heteroatoms. The molecule has 36 heavy (non-hydrogen) atoms. The molecule has 4 rings (SSSR count). The fourth-order valence-electron chi connectivity index (χ4n) is 3.95. The van der Waals surface area contributed by atoms with Gasteiger partial charge in [0.05, 0.1) is 10.9 Å². The number of nitrogens with one attached hydrogen (secondary N) is 1. The molecule has 1 aliphatic carbocycles. The lowest BCUT2D eigenvalue weighted by atomic mass is 10.0. The van der Waals surface area contributed by atoms with Gasteiger partial charge in [-0.3, -0.25) is 9.59 Å². The molecule has 3 aromatic carbocycles. The fraction of sp³-hybridized carbons (Fsp3) is 0.200. The van der Waals surface area contributed by atoms with E-state index in [1.165, 1.54) is 30.3 Å². The van der Waals surface area contributed by atoms with Gasteiger partial charge in [-0.1, -0.05) is 41.4 Å². The Labute approximate surface area is 223 Å². The number of anilines is 1. The highest BCUT2D eigenvalue weighted by atomic mass is 35.5. The molecular formula is C25H15Cl4F4NO2. The second kappa shape index (κ2) is 10.2. The van der Waals surface area contributed by atoms with Crippen molar-refractivity contribution in [2.75, 3.05) is 5.32 Å². The maximum atomic E-state index is 14.0. The van der Waals surface area contributed by atoms with Gasteiger partial charge in [-0.05, 0) is 41.5 Å². The molecule has 0 spiro atoms. The summed E-state index contributed by atoms with van der Waals surface area (Å²) >= 11 is 24.7. The van der Waals surface area contributed by atoms with Crippen LogP contribution in [0.25, 0.3) is 0 Å². The molecule has 1 aliphatic rings. The van der Waals surface area contributed by atoms with Crippen molar-refractivity contribution in [1.29, 1.82) is 0 Å². The molecule has 1 fully saturated rings. The second-order valence-electron chi connectivity index (χ2n) is 8.23. The molecule has 3 nitrogen and oxygen atoms in total. The third-order valence-electron chi connectivity index (χ3n) is 5.86. The minimum atomic E-state index is -2.76. The van der Waals surface area contributed by atoms with Crippen LogP contribution in [0, 0.1) is 17.6 Å². The first-order valence-corrected chi connectivity index (χ1v) is 11.9. The average Bonchev–Trinajstić information content (AvgIpc) is 3.38. The molecule has 1 saturated carbocycles. The molecule has 0 radical (unpaired) electrons. The van der Waals surface area contributed by atoms with Gasteiger partial charge in [0.25, 0.3) is 6.43 Å². The van der Waals surface area contributed by atoms with Crippen molar-refractivity contribution < 1.29 is 27.2 Å². The van der Waals surface area contributed by atoms with Gasteiger partial charge < -0.3 is 5.32 Å². The number of halogens is 8. The summed E-state index contributed by atoms with van der Waals surface area (Å²) in [5.74, 6) is -4.41. The van der Waals surface area contributed by atoms with E-state index in [4.69, 9.17) is 46.4 Å². The normalized spacial score (nSPS) is 18.2. The van der Waals surface area contributed by atoms with Crippen molar-refractivity contribution in [3.8, 4) is 0 Å². The molecule has 0 saturated heterocycles. The molecule has 2 atom stereocenters. The van der Waals surface area contributed by atoms with Gasteiger partial charge in [0.1, 0.15) is 16.0 Å². The quantitative estimate of drug-likeness (QED) is 0.175. The summed E-state index contributed by atoms with van der Waals surface area (Å²) < 4.78 is 51.6. The molecule has 1 amide bonds. The van der Waals surface area contributed by atoms with E-state index in [0.29, 0.717) is 11.6 Å². The first-order valence-electron chi connectivity index (χ1n) is 10.4. The van der Waals surface area contributed by atoms with E-state index in [0.717, 1.165) is 18.2 Å². The zero-order valence-electron chi connectivity index (χ0n) is 18.0. The SMILES string of the molecule is O=C(Cc1ccc(F)cc1F)c1cc(NC(=O)C2C(c3ccc(C(F)F)c(Cl)c3)C2(Cl)Cl)ccc1Cl. The summed E-state index contributed by atoms with van der Waals surface area (Å²) in [6.45, 7) is 0. The van der Waals surface area contributed by atoms with E-state index < -0.39 is 45.9 Å². The van der Waals surface area contributed by atoms with Gasteiger partial charge in [0.2, 0.25) is 5.91 Å². The molecule has 2 unspecified atom stereocenters. The van der Waals surface area contributed by atoms with Gasteiger partial charge >= 0.3 is 0 Å². The van der Waals surface area contributed by atoms with Crippen LogP contribution in [0.1, 0.15) is 39.4 Å². The van der Waals surface area contributed by atoms with Crippen LogP contribution in [0.4, 0.5) is 23.2 Å². The fourth-order valence-corrected chi connectivity index (χ4v) is 5.27. The first kappa shape index (κ1) is 26.7. The third kappa shape index (κ3) is 5.35. The van der Waals surface area contributed by atoms with Crippen molar-refractivity contribution in [3.63, 3.8) is 0 Å². The highest BCUT2D eigenvalue weighted by molar-refractivity contribution is 6.53. The van der Waals surface area contributed by atoms with Crippen LogP contribution >= 0.6 is 46.4 Å². The summed E-state index contributed by atoms with van der Waals surface area (Å²) in [6, 6.07) is 10.9. The standard InChI is InChI=1S/C25H15Cl4F4NO2/c26-17-6-4-14(10-16(17)20(35)8-11-1-3-13(30)9-19(11)31)34-24(36)22-21(25(22,28)29)12-2-5-15(23(32)33)18(27)7-12/h1-7,9-10,21-23H,8H2,(H,34,36). The minimum absolute atomic E-state index is 0.0155. The molecule has 0 aliphatic heterocycles. The average molecular weight is 579 g/mol. The van der Waals surface area contributed by atoms with Crippen LogP contribution in [0.2, 0.25) is 10.0 Å². The number of alkyl halides is 4. The van der Waals surface area contributed by atoms with Crippen LogP contribution in [-0.2, 0) is 11.2 Å². The maximum absolute atomic E-state index is 14.0. The Morgan fingerprint density at radius 2 is 1.67 bits per heavy atom. The molecule has 188 valence electrons. The number of Topliss-reactive ketones (excluding diaryl/α,β-unsaturated/α-hetero) is 1. The van der Waals surface area contributed by atoms with E-state index >= 15 is 0 Å². The topological polar surface area (TPSA) is 46.2 Å². The smallest absolute Gasteiger partial charge is 0.265 e. The number of benzene rings is 3. The predicted octanol–water partition coefficient (Wildman–Crippen LogP) is 8.16. The van der Waals surface area contributed by atoms with Crippen LogP contribution in [0.3, 0.4) is 0 Å². The van der Waals surface area contributed by atoms with Gasteiger partial charge in [-0.25, -0.2) is 17.6 Å². The summed E-state index contributed by atoms with van der Waals surface area (Å²) in [4.78, 5) is 25.7. The highest BCUT2D eigenvalue weighted by Crippen LogP contribution is 2.65.